The van der Waals surface area contributed by atoms with Crippen molar-refractivity contribution in [2.75, 3.05) is 19.0 Å². The number of hydrazone groups is 1. The molecule has 10 nitrogen and oxygen atoms in total. The van der Waals surface area contributed by atoms with Gasteiger partial charge in [0, 0.05) is 6.54 Å². The average Bonchev–Trinajstić information content (AvgIpc) is 3.22. The molecule has 2 amide bonds. The number of methoxy groups -OCH3 is 1. The van der Waals surface area contributed by atoms with Crippen LogP contribution in [0.5, 0.6) is 11.5 Å². The topological polar surface area (TPSA) is 116 Å². The van der Waals surface area contributed by atoms with E-state index in [1.165, 1.54) is 24.3 Å². The Hall–Kier alpha value is -3.71. The number of carbonyl (C=O) groups excluding carboxylic acids is 2. The Balaban J connectivity index is 1.97. The number of amides is 2. The van der Waals surface area contributed by atoms with Crippen molar-refractivity contribution in [2.24, 2.45) is 5.10 Å². The third-order valence-corrected chi connectivity index (χ3v) is 4.70. The first-order valence-electron chi connectivity index (χ1n) is 9.34. The van der Waals surface area contributed by atoms with Gasteiger partial charge >= 0.3 is 6.36 Å². The number of carbonyl (C=O) groups is 2. The predicted octanol–water partition coefficient (Wildman–Crippen LogP) is 2.85. The maximum Gasteiger partial charge on any atom is 0.573 e. The Labute approximate surface area is 190 Å². The van der Waals surface area contributed by atoms with Crippen LogP contribution in [0.4, 0.5) is 18.9 Å². The zero-order valence-corrected chi connectivity index (χ0v) is 18.0. The lowest BCUT2D eigenvalue weighted by Gasteiger charge is -2.19. The van der Waals surface area contributed by atoms with Gasteiger partial charge in [-0.2, -0.15) is 0 Å². The summed E-state index contributed by atoms with van der Waals surface area (Å²) in [5.74, 6) is -2.13. The minimum Gasteiger partial charge on any atom is -0.496 e. The molecule has 0 bridgehead atoms. The Morgan fingerprint density at radius 2 is 1.79 bits per heavy atom. The summed E-state index contributed by atoms with van der Waals surface area (Å²) < 4.78 is 47.9. The summed E-state index contributed by atoms with van der Waals surface area (Å²) >= 11 is 6.26. The fourth-order valence-corrected chi connectivity index (χ4v) is 3.11. The van der Waals surface area contributed by atoms with Crippen LogP contribution < -0.4 is 31.2 Å². The molecular formula is C19H18ClF3N6O4. The first-order chi connectivity index (χ1) is 15.6. The molecule has 0 unspecified atom stereocenters. The molecular weight excluding hydrogens is 469 g/mol. The number of nitrogens with zero attached hydrogens (tertiary/aromatic N) is 2. The molecule has 176 valence electrons. The van der Waals surface area contributed by atoms with Crippen molar-refractivity contribution < 1.29 is 32.2 Å². The summed E-state index contributed by atoms with van der Waals surface area (Å²) in [6.45, 7) is 2.21. The molecule has 0 saturated carbocycles. The highest BCUT2D eigenvalue weighted by Crippen LogP contribution is 2.39. The molecule has 0 saturated heterocycles. The van der Waals surface area contributed by atoms with Crippen LogP contribution in [0.1, 0.15) is 27.6 Å². The zero-order valence-electron chi connectivity index (χ0n) is 17.2. The fraction of sp³-hybridized carbons (Fsp3) is 0.211. The summed E-state index contributed by atoms with van der Waals surface area (Å²) in [7, 11) is 1.33. The summed E-state index contributed by atoms with van der Waals surface area (Å²) in [5.41, 5.74) is 4.35. The van der Waals surface area contributed by atoms with E-state index in [2.05, 4.69) is 31.5 Å². The normalized spacial score (nSPS) is 13.2. The Bertz CT molecular complexity index is 1100. The van der Waals surface area contributed by atoms with E-state index in [1.54, 1.807) is 19.1 Å². The third kappa shape index (κ3) is 5.56. The molecule has 0 fully saturated rings. The molecule has 0 aromatic heterocycles. The van der Waals surface area contributed by atoms with Crippen LogP contribution in [0.3, 0.4) is 0 Å². The second kappa shape index (κ2) is 9.83. The van der Waals surface area contributed by atoms with Gasteiger partial charge in [-0.25, -0.2) is 5.53 Å². The highest BCUT2D eigenvalue weighted by atomic mass is 35.5. The van der Waals surface area contributed by atoms with Crippen molar-refractivity contribution in [3.8, 4) is 11.5 Å². The summed E-state index contributed by atoms with van der Waals surface area (Å²) in [5, 5.41) is 9.56. The lowest BCUT2D eigenvalue weighted by Crippen LogP contribution is -2.47. The summed E-state index contributed by atoms with van der Waals surface area (Å²) in [4.78, 5) is 25.5. The highest BCUT2D eigenvalue weighted by molar-refractivity contribution is 6.38. The number of nitrogens with one attached hydrogen (secondary N) is 4. The van der Waals surface area contributed by atoms with E-state index in [4.69, 9.17) is 16.3 Å². The van der Waals surface area contributed by atoms with Gasteiger partial charge in [0.05, 0.1) is 23.3 Å². The third-order valence-electron chi connectivity index (χ3n) is 4.31. The van der Waals surface area contributed by atoms with Gasteiger partial charge in [0.1, 0.15) is 11.4 Å². The molecule has 1 heterocycles. The molecule has 14 heteroatoms. The van der Waals surface area contributed by atoms with Crippen molar-refractivity contribution in [1.29, 1.82) is 0 Å². The van der Waals surface area contributed by atoms with Gasteiger partial charge in [-0.3, -0.25) is 19.9 Å². The van der Waals surface area contributed by atoms with Gasteiger partial charge in [-0.05, 0) is 31.2 Å². The number of hydrogen-bond donors (Lipinski definition) is 4. The number of hydrazine groups is 2. The Morgan fingerprint density at radius 1 is 1.09 bits per heavy atom. The van der Waals surface area contributed by atoms with Gasteiger partial charge in [-0.1, -0.05) is 23.7 Å². The van der Waals surface area contributed by atoms with Crippen molar-refractivity contribution >= 4 is 35.1 Å². The average molecular weight is 487 g/mol. The van der Waals surface area contributed by atoms with Crippen LogP contribution in [-0.2, 0) is 0 Å². The molecule has 1 aliphatic heterocycles. The number of guanidine groups is 1. The minimum absolute atomic E-state index is 0.0277. The first kappa shape index (κ1) is 23.9. The number of anilines is 1. The maximum atomic E-state index is 12.9. The van der Waals surface area contributed by atoms with Gasteiger partial charge in [0.2, 0.25) is 5.96 Å². The molecule has 0 aliphatic carbocycles. The van der Waals surface area contributed by atoms with E-state index in [0.717, 1.165) is 12.1 Å². The minimum atomic E-state index is -5.07. The van der Waals surface area contributed by atoms with Gasteiger partial charge in [0.25, 0.3) is 11.8 Å². The Kier molecular flexibility index (Phi) is 7.13. The molecule has 2 aromatic rings. The van der Waals surface area contributed by atoms with Crippen LogP contribution in [0.25, 0.3) is 0 Å². The van der Waals surface area contributed by atoms with Gasteiger partial charge in [-0.15, -0.1) is 23.8 Å². The van der Waals surface area contributed by atoms with Gasteiger partial charge in [0.15, 0.2) is 5.75 Å². The maximum absolute atomic E-state index is 12.9. The number of rotatable bonds is 6. The largest absolute Gasteiger partial charge is 0.573 e. The van der Waals surface area contributed by atoms with E-state index in [-0.39, 0.29) is 22.8 Å². The van der Waals surface area contributed by atoms with Crippen LogP contribution in [-0.4, -0.2) is 42.8 Å². The van der Waals surface area contributed by atoms with Crippen molar-refractivity contribution in [3.63, 3.8) is 0 Å². The number of hydrogen-bond acceptors (Lipinski definition) is 8. The number of ether oxygens (including phenoxy) is 2. The van der Waals surface area contributed by atoms with E-state index in [1.807, 2.05) is 0 Å². The lowest BCUT2D eigenvalue weighted by molar-refractivity contribution is -0.274. The van der Waals surface area contributed by atoms with Crippen molar-refractivity contribution in [3.05, 3.63) is 52.5 Å². The second-order valence-electron chi connectivity index (χ2n) is 6.36. The number of alkyl halides is 3. The number of benzene rings is 2. The van der Waals surface area contributed by atoms with Crippen LogP contribution >= 0.6 is 11.6 Å². The molecule has 2 aromatic carbocycles. The molecule has 33 heavy (non-hydrogen) atoms. The standard InChI is InChI=1S/C19H18ClF3N6O4/c1-3-29-18(26-27-28-29)25-17(31)11-8-9-13(33-19(21,22)23)15(14(11)20)24-16(30)10-6-4-5-7-12(10)32-2/h4-9,27-28H,3H2,1-2H3,(H,24,30)(H,25,26,31). The fourth-order valence-electron chi connectivity index (χ4n) is 2.82. The molecule has 1 aliphatic rings. The first-order valence-corrected chi connectivity index (χ1v) is 9.72. The molecule has 0 radical (unpaired) electrons. The zero-order chi connectivity index (χ0) is 24.2. The second-order valence-corrected chi connectivity index (χ2v) is 6.74. The van der Waals surface area contributed by atoms with E-state index >= 15 is 0 Å². The van der Waals surface area contributed by atoms with E-state index in [0.29, 0.717) is 6.54 Å². The number of para-hydroxylation sites is 1. The van der Waals surface area contributed by atoms with E-state index < -0.39 is 34.6 Å². The van der Waals surface area contributed by atoms with Gasteiger partial charge < -0.3 is 14.8 Å². The lowest BCUT2D eigenvalue weighted by atomic mass is 10.1. The Morgan fingerprint density at radius 3 is 2.45 bits per heavy atom. The summed E-state index contributed by atoms with van der Waals surface area (Å²) in [6.07, 6.45) is -5.07. The van der Waals surface area contributed by atoms with Crippen molar-refractivity contribution in [2.45, 2.75) is 13.3 Å². The van der Waals surface area contributed by atoms with Crippen LogP contribution in [0, 0.1) is 0 Å². The van der Waals surface area contributed by atoms with Crippen LogP contribution in [0.2, 0.25) is 5.02 Å². The highest BCUT2D eigenvalue weighted by Gasteiger charge is 2.34. The molecule has 4 N–H and O–H groups in total. The monoisotopic (exact) mass is 486 g/mol. The molecule has 0 spiro atoms. The summed E-state index contributed by atoms with van der Waals surface area (Å²) in [6, 6.07) is 7.96. The predicted molar refractivity (Wildman–Crippen MR) is 113 cm³/mol. The van der Waals surface area contributed by atoms with Crippen molar-refractivity contribution in [1.82, 2.24) is 21.4 Å². The SMILES string of the molecule is CCN1NNN=C1NC(=O)c1ccc(OC(F)(F)F)c(NC(=O)c2ccccc2OC)c1Cl. The number of halogens is 4. The molecule has 0 atom stereocenters. The molecule has 3 rings (SSSR count). The van der Waals surface area contributed by atoms with Crippen LogP contribution in [0.15, 0.2) is 41.5 Å². The quantitative estimate of drug-likeness (QED) is 0.496. The smallest absolute Gasteiger partial charge is 0.496 e. The van der Waals surface area contributed by atoms with E-state index in [9.17, 15) is 22.8 Å².